The first kappa shape index (κ1) is 19.2. The van der Waals surface area contributed by atoms with Crippen LogP contribution in [0.15, 0.2) is 46.9 Å². The number of ether oxygens (including phenoxy) is 1. The first-order valence-electron chi connectivity index (χ1n) is 8.33. The minimum atomic E-state index is -0.979. The Morgan fingerprint density at radius 1 is 1.23 bits per heavy atom. The molecule has 0 aliphatic carbocycles. The lowest BCUT2D eigenvalue weighted by atomic mass is 10.2. The molecule has 1 unspecified atom stereocenters. The lowest BCUT2D eigenvalue weighted by Crippen LogP contribution is -2.25. The maximum Gasteiger partial charge on any atom is 0.258 e. The van der Waals surface area contributed by atoms with Crippen LogP contribution in [0, 0.1) is 5.82 Å². The van der Waals surface area contributed by atoms with Gasteiger partial charge in [0.25, 0.3) is 5.91 Å². The quantitative estimate of drug-likeness (QED) is 0.756. The summed E-state index contributed by atoms with van der Waals surface area (Å²) in [5.74, 6) is -0.674. The van der Waals surface area contributed by atoms with Crippen molar-refractivity contribution < 1.29 is 18.1 Å². The lowest BCUT2D eigenvalue weighted by molar-refractivity contribution is 0.0991. The van der Waals surface area contributed by atoms with Gasteiger partial charge >= 0.3 is 0 Å². The molecular formula is C19H19BrFNO3S. The van der Waals surface area contributed by atoms with E-state index >= 15 is 0 Å². The van der Waals surface area contributed by atoms with Crippen molar-refractivity contribution in [1.29, 1.82) is 0 Å². The van der Waals surface area contributed by atoms with Crippen LogP contribution >= 0.6 is 15.9 Å². The summed E-state index contributed by atoms with van der Waals surface area (Å²) in [6.07, 6.45) is 1.62. The second-order valence-electron chi connectivity index (χ2n) is 6.12. The molecule has 0 aromatic heterocycles. The maximum absolute atomic E-state index is 13.9. The van der Waals surface area contributed by atoms with Gasteiger partial charge in [-0.15, -0.1) is 0 Å². The van der Waals surface area contributed by atoms with E-state index in [0.717, 1.165) is 18.4 Å². The highest BCUT2D eigenvalue weighted by Crippen LogP contribution is 2.20. The van der Waals surface area contributed by atoms with E-state index < -0.39 is 22.5 Å². The number of hydrogen-bond donors (Lipinski definition) is 1. The van der Waals surface area contributed by atoms with Crippen LogP contribution in [0.4, 0.5) is 10.1 Å². The molecule has 1 saturated heterocycles. The Morgan fingerprint density at radius 3 is 2.73 bits per heavy atom. The molecule has 0 spiro atoms. The molecule has 138 valence electrons. The van der Waals surface area contributed by atoms with Gasteiger partial charge in [0, 0.05) is 45.2 Å². The van der Waals surface area contributed by atoms with Crippen LogP contribution in [-0.4, -0.2) is 28.6 Å². The highest BCUT2D eigenvalue weighted by atomic mass is 79.9. The predicted octanol–water partition coefficient (Wildman–Crippen LogP) is 4.27. The normalized spacial score (nSPS) is 16.2. The number of nitrogens with one attached hydrogen (secondary N) is 1. The van der Waals surface area contributed by atoms with Crippen molar-refractivity contribution >= 4 is 38.3 Å². The van der Waals surface area contributed by atoms with Gasteiger partial charge in [-0.3, -0.25) is 9.00 Å². The second-order valence-corrected chi connectivity index (χ2v) is 8.75. The summed E-state index contributed by atoms with van der Waals surface area (Å²) in [7, 11) is -0.979. The summed E-state index contributed by atoms with van der Waals surface area (Å²) in [5, 5.41) is 2.85. The molecule has 0 saturated carbocycles. The number of carbonyl (C=O) groups excluding carboxylic acids is 1. The van der Waals surface area contributed by atoms with E-state index in [1.165, 1.54) is 12.1 Å². The Morgan fingerprint density at radius 2 is 2.00 bits per heavy atom. The average molecular weight is 440 g/mol. The van der Waals surface area contributed by atoms with Crippen molar-refractivity contribution in [3.8, 4) is 0 Å². The summed E-state index contributed by atoms with van der Waals surface area (Å²) in [5.41, 5.74) is 1.41. The van der Waals surface area contributed by atoms with Crippen LogP contribution in [0.3, 0.4) is 0 Å². The number of amides is 1. The van der Waals surface area contributed by atoms with Gasteiger partial charge in [-0.05, 0) is 48.7 Å². The lowest BCUT2D eigenvalue weighted by Gasteiger charge is -2.21. The Hall–Kier alpha value is -1.57. The Balaban J connectivity index is 1.67. The minimum absolute atomic E-state index is 0.0237. The van der Waals surface area contributed by atoms with Crippen LogP contribution in [0.5, 0.6) is 0 Å². The molecule has 1 N–H and O–H groups in total. The molecule has 0 bridgehead atoms. The molecule has 1 aliphatic heterocycles. The van der Waals surface area contributed by atoms with Gasteiger partial charge in [0.2, 0.25) is 0 Å². The van der Waals surface area contributed by atoms with Gasteiger partial charge in [0.1, 0.15) is 5.82 Å². The van der Waals surface area contributed by atoms with Gasteiger partial charge in [-0.25, -0.2) is 4.39 Å². The van der Waals surface area contributed by atoms with Gasteiger partial charge < -0.3 is 10.1 Å². The average Bonchev–Trinajstić information content (AvgIpc) is 2.62. The van der Waals surface area contributed by atoms with Crippen LogP contribution in [0.2, 0.25) is 0 Å². The van der Waals surface area contributed by atoms with Crippen molar-refractivity contribution in [2.24, 2.45) is 0 Å². The smallest absolute Gasteiger partial charge is 0.258 e. The number of rotatable bonds is 5. The third kappa shape index (κ3) is 4.99. The molecule has 0 radical (unpaired) electrons. The van der Waals surface area contributed by atoms with Crippen LogP contribution in [0.25, 0.3) is 0 Å². The molecule has 2 aromatic rings. The highest BCUT2D eigenvalue weighted by Gasteiger charge is 2.20. The zero-order chi connectivity index (χ0) is 18.5. The third-order valence-corrected chi connectivity index (χ3v) is 6.54. The van der Waals surface area contributed by atoms with Crippen LogP contribution < -0.4 is 5.32 Å². The Labute approximate surface area is 162 Å². The molecular weight excluding hydrogens is 421 g/mol. The number of anilines is 1. The fourth-order valence-corrected chi connectivity index (χ4v) is 4.63. The molecule has 1 heterocycles. The summed E-state index contributed by atoms with van der Waals surface area (Å²) in [6, 6.07) is 11.5. The Bertz CT molecular complexity index is 824. The minimum Gasteiger partial charge on any atom is -0.381 e. The fourth-order valence-electron chi connectivity index (χ4n) is 2.83. The molecule has 1 fully saturated rings. The van der Waals surface area contributed by atoms with Gasteiger partial charge in [0.05, 0.1) is 5.56 Å². The van der Waals surface area contributed by atoms with Crippen molar-refractivity contribution in [2.45, 2.75) is 23.8 Å². The van der Waals surface area contributed by atoms with E-state index in [9.17, 15) is 13.4 Å². The number of hydrogen-bond acceptors (Lipinski definition) is 3. The standard InChI is InChI=1S/C19H19BrFNO3S/c20-14-4-5-17(18(21)11-14)19(23)22-15-3-1-2-13(10-15)12-26(24)16-6-8-25-9-7-16/h1-5,10-11,16H,6-9,12H2,(H,22,23). The van der Waals surface area contributed by atoms with E-state index in [1.807, 2.05) is 6.07 Å². The van der Waals surface area contributed by atoms with Crippen LogP contribution in [-0.2, 0) is 21.3 Å². The molecule has 2 aromatic carbocycles. The number of halogens is 2. The van der Waals surface area contributed by atoms with Gasteiger partial charge in [0.15, 0.2) is 0 Å². The molecule has 4 nitrogen and oxygen atoms in total. The third-order valence-electron chi connectivity index (χ3n) is 4.21. The fraction of sp³-hybridized carbons (Fsp3) is 0.316. The van der Waals surface area contributed by atoms with E-state index in [1.54, 1.807) is 24.3 Å². The van der Waals surface area contributed by atoms with Gasteiger partial charge in [-0.2, -0.15) is 0 Å². The summed E-state index contributed by atoms with van der Waals surface area (Å²) >= 11 is 3.17. The molecule has 1 aliphatic rings. The van der Waals surface area contributed by atoms with Crippen molar-refractivity contribution in [2.75, 3.05) is 18.5 Å². The SMILES string of the molecule is O=C(Nc1cccc(CS(=O)C2CCOCC2)c1)c1ccc(Br)cc1F. The highest BCUT2D eigenvalue weighted by molar-refractivity contribution is 9.10. The van der Waals surface area contributed by atoms with Crippen LogP contribution in [0.1, 0.15) is 28.8 Å². The van der Waals surface area contributed by atoms with Crippen molar-refractivity contribution in [1.82, 2.24) is 0 Å². The van der Waals surface area contributed by atoms with E-state index in [0.29, 0.717) is 29.1 Å². The van der Waals surface area contributed by atoms with E-state index in [2.05, 4.69) is 21.2 Å². The summed E-state index contributed by atoms with van der Waals surface area (Å²) in [6.45, 7) is 1.32. The molecule has 1 amide bonds. The van der Waals surface area contributed by atoms with Crippen molar-refractivity contribution in [3.63, 3.8) is 0 Å². The van der Waals surface area contributed by atoms with Crippen molar-refractivity contribution in [3.05, 3.63) is 63.9 Å². The maximum atomic E-state index is 13.9. The summed E-state index contributed by atoms with van der Waals surface area (Å²) in [4.78, 5) is 12.3. The number of benzene rings is 2. The first-order chi connectivity index (χ1) is 12.5. The summed E-state index contributed by atoms with van der Waals surface area (Å²) < 4.78 is 32.3. The Kier molecular flexibility index (Phi) is 6.56. The largest absolute Gasteiger partial charge is 0.381 e. The monoisotopic (exact) mass is 439 g/mol. The number of carbonyl (C=O) groups is 1. The zero-order valence-electron chi connectivity index (χ0n) is 14.0. The zero-order valence-corrected chi connectivity index (χ0v) is 16.4. The molecule has 3 rings (SSSR count). The topological polar surface area (TPSA) is 55.4 Å². The predicted molar refractivity (Wildman–Crippen MR) is 104 cm³/mol. The molecule has 1 atom stereocenters. The second kappa shape index (κ2) is 8.88. The first-order valence-corrected chi connectivity index (χ1v) is 10.5. The molecule has 26 heavy (non-hydrogen) atoms. The van der Waals surface area contributed by atoms with E-state index in [-0.39, 0.29) is 10.8 Å². The molecule has 7 heteroatoms. The van der Waals surface area contributed by atoms with Gasteiger partial charge in [-0.1, -0.05) is 28.1 Å². The van der Waals surface area contributed by atoms with E-state index in [4.69, 9.17) is 4.74 Å².